The first-order chi connectivity index (χ1) is 13.6. The minimum absolute atomic E-state index is 0.0116. The number of halogens is 1. The molecule has 7 nitrogen and oxygen atoms in total. The lowest BCUT2D eigenvalue weighted by Crippen LogP contribution is -2.39. The Hall–Kier alpha value is -2.78. The second-order valence-electron chi connectivity index (χ2n) is 7.18. The van der Waals surface area contributed by atoms with Gasteiger partial charge in [0.05, 0.1) is 42.7 Å². The maximum Gasteiger partial charge on any atom is 0.355 e. The number of rotatable bonds is 3. The van der Waals surface area contributed by atoms with Gasteiger partial charge in [0.1, 0.15) is 26.6 Å². The molecule has 0 aliphatic carbocycles. The van der Waals surface area contributed by atoms with Gasteiger partial charge in [-0.15, -0.1) is 5.54 Å². The van der Waals surface area contributed by atoms with Gasteiger partial charge < -0.3 is 19.1 Å². The summed E-state index contributed by atoms with van der Waals surface area (Å²) in [6.07, 6.45) is 0. The van der Waals surface area contributed by atoms with E-state index in [4.69, 9.17) is 25.8 Å². The van der Waals surface area contributed by atoms with Crippen LogP contribution in [0.15, 0.2) is 23.4 Å². The van der Waals surface area contributed by atoms with Crippen LogP contribution in [-0.2, 0) is 23.8 Å². The average molecular weight is 433 g/mol. The molecule has 152 valence electrons. The maximum absolute atomic E-state index is 12.5. The molecule has 0 saturated heterocycles. The fraction of sp³-hybridized carbons (Fsp3) is 0.350. The molecule has 1 aromatic rings. The first-order valence-corrected chi connectivity index (χ1v) is 12.5. The SMILES string of the molecule is COC(=O)C1=C(C(=O)OC)N(c2cc(Cl)c(C#N)cc2C#C[Si](C)(C)C)COC1. The Balaban J connectivity index is 2.77. The minimum atomic E-state index is -1.74. The topological polar surface area (TPSA) is 88.9 Å². The second-order valence-corrected chi connectivity index (χ2v) is 12.3. The number of hydrogen-bond donors (Lipinski definition) is 0. The number of methoxy groups -OCH3 is 2. The molecule has 0 atom stereocenters. The van der Waals surface area contributed by atoms with Gasteiger partial charge in [-0.25, -0.2) is 9.59 Å². The van der Waals surface area contributed by atoms with E-state index in [1.807, 2.05) is 6.07 Å². The molecule has 1 aromatic carbocycles. The van der Waals surface area contributed by atoms with Crippen molar-refractivity contribution in [1.82, 2.24) is 0 Å². The molecule has 1 heterocycles. The Morgan fingerprint density at radius 2 is 1.83 bits per heavy atom. The van der Waals surface area contributed by atoms with E-state index in [2.05, 4.69) is 31.1 Å². The molecule has 1 aliphatic rings. The fourth-order valence-corrected chi connectivity index (χ4v) is 3.27. The molecule has 9 heteroatoms. The van der Waals surface area contributed by atoms with E-state index in [9.17, 15) is 14.9 Å². The van der Waals surface area contributed by atoms with Crippen molar-refractivity contribution in [3.05, 3.63) is 39.6 Å². The van der Waals surface area contributed by atoms with E-state index in [0.717, 1.165) is 0 Å². The van der Waals surface area contributed by atoms with Crippen LogP contribution in [0.3, 0.4) is 0 Å². The number of nitriles is 1. The van der Waals surface area contributed by atoms with E-state index >= 15 is 0 Å². The molecule has 0 radical (unpaired) electrons. The molecule has 29 heavy (non-hydrogen) atoms. The van der Waals surface area contributed by atoms with E-state index in [1.54, 1.807) is 6.07 Å². The van der Waals surface area contributed by atoms with Crippen LogP contribution < -0.4 is 4.90 Å². The summed E-state index contributed by atoms with van der Waals surface area (Å²) in [4.78, 5) is 26.2. The molecule has 0 saturated carbocycles. The van der Waals surface area contributed by atoms with Gasteiger partial charge in [-0.05, 0) is 12.1 Å². The first kappa shape index (κ1) is 22.5. The van der Waals surface area contributed by atoms with E-state index in [0.29, 0.717) is 11.3 Å². The van der Waals surface area contributed by atoms with Gasteiger partial charge in [-0.3, -0.25) is 0 Å². The van der Waals surface area contributed by atoms with Crippen LogP contribution in [0.4, 0.5) is 5.69 Å². The largest absolute Gasteiger partial charge is 0.466 e. The summed E-state index contributed by atoms with van der Waals surface area (Å²) in [5.74, 6) is 1.67. The number of carbonyl (C=O) groups is 2. The number of carbonyl (C=O) groups excluding carboxylic acids is 2. The molecule has 0 fully saturated rings. The van der Waals surface area contributed by atoms with E-state index in [-0.39, 0.29) is 35.2 Å². The van der Waals surface area contributed by atoms with Crippen molar-refractivity contribution in [3.63, 3.8) is 0 Å². The summed E-state index contributed by atoms with van der Waals surface area (Å²) in [7, 11) is 0.692. The highest BCUT2D eigenvalue weighted by Gasteiger charge is 2.33. The molecule has 0 aromatic heterocycles. The number of esters is 2. The predicted octanol–water partition coefficient (Wildman–Crippen LogP) is 2.83. The Morgan fingerprint density at radius 3 is 2.38 bits per heavy atom. The van der Waals surface area contributed by atoms with Crippen molar-refractivity contribution in [3.8, 4) is 17.5 Å². The molecular formula is C20H21ClN2O5Si. The quantitative estimate of drug-likeness (QED) is 0.412. The lowest BCUT2D eigenvalue weighted by Gasteiger charge is -2.32. The average Bonchev–Trinajstić information content (AvgIpc) is 2.70. The fourth-order valence-electron chi connectivity index (χ4n) is 2.56. The number of nitrogens with zero attached hydrogens (tertiary/aromatic N) is 2. The molecule has 2 rings (SSSR count). The number of anilines is 1. The van der Waals surface area contributed by atoms with Crippen molar-refractivity contribution in [2.45, 2.75) is 19.6 Å². The zero-order chi connectivity index (χ0) is 21.8. The smallest absolute Gasteiger partial charge is 0.355 e. The first-order valence-electron chi connectivity index (χ1n) is 8.64. The Morgan fingerprint density at radius 1 is 1.17 bits per heavy atom. The standard InChI is InChI=1S/C20H21ClN2O5Si/c1-26-19(24)15-11-28-12-23(18(15)20(25)27-2)17-9-16(21)14(10-22)8-13(17)6-7-29(3,4)5/h8-9H,11-12H2,1-5H3. The third-order valence-corrected chi connectivity index (χ3v) is 5.09. The summed E-state index contributed by atoms with van der Waals surface area (Å²) < 4.78 is 15.2. The normalized spacial score (nSPS) is 13.9. The minimum Gasteiger partial charge on any atom is -0.466 e. The molecule has 0 spiro atoms. The van der Waals surface area contributed by atoms with Crippen LogP contribution >= 0.6 is 11.6 Å². The number of ether oxygens (including phenoxy) is 3. The summed E-state index contributed by atoms with van der Waals surface area (Å²) >= 11 is 6.24. The zero-order valence-corrected chi connectivity index (χ0v) is 18.6. The molecule has 0 amide bonds. The van der Waals surface area contributed by atoms with Crippen LogP contribution in [0.5, 0.6) is 0 Å². The molecular weight excluding hydrogens is 412 g/mol. The number of benzene rings is 1. The Labute approximate surface area is 175 Å². The lowest BCUT2D eigenvalue weighted by atomic mass is 10.1. The molecule has 0 unspecified atom stereocenters. The lowest BCUT2D eigenvalue weighted by molar-refractivity contribution is -0.140. The molecule has 0 bridgehead atoms. The second kappa shape index (κ2) is 9.14. The van der Waals surface area contributed by atoms with Gasteiger partial charge in [0.15, 0.2) is 0 Å². The third-order valence-electron chi connectivity index (χ3n) is 3.90. The maximum atomic E-state index is 12.5. The molecule has 0 N–H and O–H groups in total. The summed E-state index contributed by atoms with van der Waals surface area (Å²) in [6, 6.07) is 5.12. The van der Waals surface area contributed by atoms with Crippen LogP contribution in [0.25, 0.3) is 0 Å². The highest BCUT2D eigenvalue weighted by molar-refractivity contribution is 6.83. The van der Waals surface area contributed by atoms with Gasteiger partial charge in [0, 0.05) is 5.56 Å². The highest BCUT2D eigenvalue weighted by Crippen LogP contribution is 2.33. The molecule has 1 aliphatic heterocycles. The van der Waals surface area contributed by atoms with Crippen molar-refractivity contribution < 1.29 is 23.8 Å². The van der Waals surface area contributed by atoms with Gasteiger partial charge in [0.25, 0.3) is 0 Å². The van der Waals surface area contributed by atoms with Gasteiger partial charge in [-0.2, -0.15) is 5.26 Å². The highest BCUT2D eigenvalue weighted by atomic mass is 35.5. The van der Waals surface area contributed by atoms with Crippen molar-refractivity contribution in [2.24, 2.45) is 0 Å². The van der Waals surface area contributed by atoms with Gasteiger partial charge >= 0.3 is 11.9 Å². The summed E-state index contributed by atoms with van der Waals surface area (Å²) in [5.41, 5.74) is 4.42. The van der Waals surface area contributed by atoms with E-state index in [1.165, 1.54) is 25.2 Å². The van der Waals surface area contributed by atoms with Crippen LogP contribution in [0.2, 0.25) is 24.7 Å². The Kier molecular flexibility index (Phi) is 7.10. The van der Waals surface area contributed by atoms with Gasteiger partial charge in [-0.1, -0.05) is 37.2 Å². The van der Waals surface area contributed by atoms with Crippen molar-refractivity contribution in [1.29, 1.82) is 5.26 Å². The monoisotopic (exact) mass is 432 g/mol. The summed E-state index contributed by atoms with van der Waals surface area (Å²) in [6.45, 7) is 6.11. The third kappa shape index (κ3) is 5.18. The van der Waals surface area contributed by atoms with Gasteiger partial charge in [0.2, 0.25) is 0 Å². The van der Waals surface area contributed by atoms with Crippen LogP contribution in [0.1, 0.15) is 11.1 Å². The zero-order valence-electron chi connectivity index (χ0n) is 16.9. The number of hydrogen-bond acceptors (Lipinski definition) is 7. The van der Waals surface area contributed by atoms with Crippen LogP contribution in [-0.4, -0.2) is 47.6 Å². The van der Waals surface area contributed by atoms with Crippen LogP contribution in [0, 0.1) is 22.8 Å². The van der Waals surface area contributed by atoms with Crippen molar-refractivity contribution >= 4 is 37.3 Å². The van der Waals surface area contributed by atoms with Crippen molar-refractivity contribution in [2.75, 3.05) is 32.5 Å². The summed E-state index contributed by atoms with van der Waals surface area (Å²) in [5, 5.41) is 9.53. The Bertz CT molecular complexity index is 980. The predicted molar refractivity (Wildman–Crippen MR) is 111 cm³/mol. The van der Waals surface area contributed by atoms with E-state index < -0.39 is 20.0 Å².